The Balaban J connectivity index is 1.86. The van der Waals surface area contributed by atoms with E-state index in [9.17, 15) is 9.90 Å². The third-order valence-corrected chi connectivity index (χ3v) is 5.17. The van der Waals surface area contributed by atoms with Gasteiger partial charge < -0.3 is 14.6 Å². The molecule has 0 amide bonds. The van der Waals surface area contributed by atoms with Crippen molar-refractivity contribution in [1.29, 1.82) is 0 Å². The summed E-state index contributed by atoms with van der Waals surface area (Å²) in [6.07, 6.45) is 2.01. The van der Waals surface area contributed by atoms with Crippen LogP contribution >= 0.6 is 0 Å². The summed E-state index contributed by atoms with van der Waals surface area (Å²) in [6.45, 7) is 7.78. The van der Waals surface area contributed by atoms with E-state index in [0.717, 1.165) is 23.6 Å². The highest BCUT2D eigenvalue weighted by molar-refractivity contribution is 5.81. The first kappa shape index (κ1) is 22.3. The van der Waals surface area contributed by atoms with Crippen molar-refractivity contribution in [3.8, 4) is 28.0 Å². The first-order valence-corrected chi connectivity index (χ1v) is 10.4. The van der Waals surface area contributed by atoms with Crippen molar-refractivity contribution in [3.63, 3.8) is 0 Å². The van der Waals surface area contributed by atoms with Crippen LogP contribution in [-0.4, -0.2) is 24.3 Å². The average Bonchev–Trinajstić information content (AvgIpc) is 2.81. The van der Waals surface area contributed by atoms with Gasteiger partial charge in [-0.2, -0.15) is 0 Å². The van der Waals surface area contributed by atoms with E-state index in [4.69, 9.17) is 9.47 Å². The smallest absolute Gasteiger partial charge is 0.330 e. The molecule has 0 radical (unpaired) electrons. The highest BCUT2D eigenvalue weighted by Gasteiger charge is 2.11. The lowest BCUT2D eigenvalue weighted by atomic mass is 9.93. The quantitative estimate of drug-likeness (QED) is 0.285. The van der Waals surface area contributed by atoms with Crippen molar-refractivity contribution in [3.05, 3.63) is 90.0 Å². The molecule has 0 aromatic heterocycles. The van der Waals surface area contributed by atoms with Gasteiger partial charge in [-0.1, -0.05) is 73.7 Å². The van der Waals surface area contributed by atoms with Gasteiger partial charge in [0.2, 0.25) is 0 Å². The van der Waals surface area contributed by atoms with Crippen LogP contribution in [0.5, 0.6) is 5.75 Å². The Morgan fingerprint density at radius 3 is 2.32 bits per heavy atom. The third-order valence-electron chi connectivity index (χ3n) is 5.17. The first-order chi connectivity index (χ1) is 15.0. The molecule has 0 saturated carbocycles. The Morgan fingerprint density at radius 1 is 0.935 bits per heavy atom. The normalized spacial score (nSPS) is 10.5. The van der Waals surface area contributed by atoms with Crippen LogP contribution in [0, 0.1) is 6.92 Å². The maximum absolute atomic E-state index is 11.2. The summed E-state index contributed by atoms with van der Waals surface area (Å²) in [7, 11) is 0. The number of hydrogen-bond donors (Lipinski definition) is 1. The molecule has 4 nitrogen and oxygen atoms in total. The molecule has 0 aliphatic carbocycles. The van der Waals surface area contributed by atoms with Gasteiger partial charge in [-0.3, -0.25) is 0 Å². The molecule has 0 unspecified atom stereocenters. The van der Waals surface area contributed by atoms with E-state index in [1.807, 2.05) is 18.2 Å². The van der Waals surface area contributed by atoms with Gasteiger partial charge >= 0.3 is 5.97 Å². The van der Waals surface area contributed by atoms with E-state index >= 15 is 0 Å². The summed E-state index contributed by atoms with van der Waals surface area (Å²) < 4.78 is 10.7. The van der Waals surface area contributed by atoms with Crippen molar-refractivity contribution in [2.75, 3.05) is 13.2 Å². The van der Waals surface area contributed by atoms with Crippen LogP contribution in [0.4, 0.5) is 0 Å². The molecule has 0 heterocycles. The van der Waals surface area contributed by atoms with Crippen LogP contribution in [0.25, 0.3) is 22.3 Å². The molecule has 3 rings (SSSR count). The van der Waals surface area contributed by atoms with E-state index < -0.39 is 5.97 Å². The number of carbonyl (C=O) groups excluding carboxylic acids is 1. The van der Waals surface area contributed by atoms with Crippen LogP contribution in [0.1, 0.15) is 23.6 Å². The lowest BCUT2D eigenvalue weighted by molar-refractivity contribution is -0.138. The zero-order valence-corrected chi connectivity index (χ0v) is 18.1. The fraction of sp³-hybridized carbons (Fsp3) is 0.222. The van der Waals surface area contributed by atoms with Gasteiger partial charge in [0.25, 0.3) is 0 Å². The molecule has 3 aromatic rings. The Labute approximate surface area is 183 Å². The monoisotopic (exact) mass is 416 g/mol. The van der Waals surface area contributed by atoms with Gasteiger partial charge in [0, 0.05) is 11.6 Å². The fourth-order valence-electron chi connectivity index (χ4n) is 3.43. The average molecular weight is 417 g/mol. The minimum absolute atomic E-state index is 0.116. The van der Waals surface area contributed by atoms with Crippen molar-refractivity contribution in [1.82, 2.24) is 0 Å². The van der Waals surface area contributed by atoms with E-state index in [1.54, 1.807) is 0 Å². The molecule has 0 aliphatic heterocycles. The minimum atomic E-state index is -0.485. The summed E-state index contributed by atoms with van der Waals surface area (Å²) in [5, 5.41) is 9.67. The summed E-state index contributed by atoms with van der Waals surface area (Å²) >= 11 is 0. The number of rotatable bonds is 9. The number of esters is 1. The molecule has 0 atom stereocenters. The van der Waals surface area contributed by atoms with Gasteiger partial charge in [0.05, 0.1) is 6.61 Å². The molecule has 0 saturated heterocycles. The van der Waals surface area contributed by atoms with E-state index in [2.05, 4.69) is 62.9 Å². The molecular formula is C27H28O4. The Morgan fingerprint density at radius 2 is 1.65 bits per heavy atom. The number of aliphatic hydroxyl groups excluding tert-OH is 1. The van der Waals surface area contributed by atoms with Crippen molar-refractivity contribution in [2.24, 2.45) is 0 Å². The summed E-state index contributed by atoms with van der Waals surface area (Å²) in [5.41, 5.74) is 7.70. The topological polar surface area (TPSA) is 55.8 Å². The fourth-order valence-corrected chi connectivity index (χ4v) is 3.43. The number of aliphatic hydroxyl groups is 1. The maximum atomic E-state index is 11.2. The second kappa shape index (κ2) is 10.6. The van der Waals surface area contributed by atoms with Crippen LogP contribution in [-0.2, 0) is 22.6 Å². The Kier molecular flexibility index (Phi) is 7.63. The molecule has 1 N–H and O–H groups in total. The van der Waals surface area contributed by atoms with Crippen LogP contribution in [0.3, 0.4) is 0 Å². The number of benzene rings is 3. The molecule has 0 spiro atoms. The number of hydrogen-bond acceptors (Lipinski definition) is 4. The van der Waals surface area contributed by atoms with Crippen molar-refractivity contribution >= 4 is 5.97 Å². The predicted molar refractivity (Wildman–Crippen MR) is 124 cm³/mol. The lowest BCUT2D eigenvalue weighted by Gasteiger charge is -2.15. The predicted octanol–water partition coefficient (Wildman–Crippen LogP) is 5.49. The van der Waals surface area contributed by atoms with Crippen molar-refractivity contribution < 1.29 is 19.4 Å². The lowest BCUT2D eigenvalue weighted by Crippen LogP contribution is -2.11. The molecule has 0 bridgehead atoms. The summed E-state index contributed by atoms with van der Waals surface area (Å²) in [5.74, 6) is 0.0975. The number of carbonyl (C=O) groups is 1. The van der Waals surface area contributed by atoms with Crippen LogP contribution in [0.2, 0.25) is 0 Å². The Hall–Kier alpha value is -3.37. The number of aryl methyl sites for hydroxylation is 2. The minimum Gasteiger partial charge on any atom is -0.490 e. The molecule has 4 heteroatoms. The number of ether oxygens (including phenoxy) is 2. The molecule has 0 aliphatic rings. The zero-order chi connectivity index (χ0) is 22.2. The maximum Gasteiger partial charge on any atom is 0.330 e. The SMILES string of the molecule is C=CC(=O)OCCOc1cc(-c2ccc(-c3ccc(C)cc3)cc2CC)ccc1CO. The van der Waals surface area contributed by atoms with Crippen LogP contribution < -0.4 is 4.74 Å². The van der Waals surface area contributed by atoms with Gasteiger partial charge in [-0.15, -0.1) is 0 Å². The van der Waals surface area contributed by atoms with Gasteiger partial charge in [0.15, 0.2) is 0 Å². The highest BCUT2D eigenvalue weighted by Crippen LogP contribution is 2.33. The van der Waals surface area contributed by atoms with E-state index in [1.165, 1.54) is 22.3 Å². The first-order valence-electron chi connectivity index (χ1n) is 10.4. The van der Waals surface area contributed by atoms with Crippen molar-refractivity contribution in [2.45, 2.75) is 26.9 Å². The second-order valence-electron chi connectivity index (χ2n) is 7.29. The Bertz CT molecular complexity index is 1050. The third kappa shape index (κ3) is 5.62. The van der Waals surface area contributed by atoms with Gasteiger partial charge in [-0.25, -0.2) is 4.79 Å². The molecule has 0 fully saturated rings. The van der Waals surface area contributed by atoms with Gasteiger partial charge in [-0.05, 0) is 47.2 Å². The molecular weight excluding hydrogens is 388 g/mol. The standard InChI is InChI=1S/C27H28O4/c1-4-20-16-22(21-8-6-19(3)7-9-21)12-13-25(20)23-10-11-24(18-28)26(17-23)30-14-15-31-27(29)5-2/h5-13,16-17,28H,2,4,14-15,18H2,1,3H3. The zero-order valence-electron chi connectivity index (χ0n) is 18.1. The second-order valence-corrected chi connectivity index (χ2v) is 7.29. The van der Waals surface area contributed by atoms with Gasteiger partial charge in [0.1, 0.15) is 19.0 Å². The largest absolute Gasteiger partial charge is 0.490 e. The van der Waals surface area contributed by atoms with E-state index in [0.29, 0.717) is 11.3 Å². The van der Waals surface area contributed by atoms with E-state index in [-0.39, 0.29) is 19.8 Å². The summed E-state index contributed by atoms with van der Waals surface area (Å²) in [4.78, 5) is 11.2. The highest BCUT2D eigenvalue weighted by atomic mass is 16.6. The van der Waals surface area contributed by atoms with Crippen LogP contribution in [0.15, 0.2) is 73.3 Å². The molecule has 160 valence electrons. The molecule has 31 heavy (non-hydrogen) atoms. The summed E-state index contributed by atoms with van der Waals surface area (Å²) in [6, 6.07) is 20.8. The molecule has 3 aromatic carbocycles.